The van der Waals surface area contributed by atoms with E-state index in [1.165, 1.54) is 12.1 Å². The van der Waals surface area contributed by atoms with Gasteiger partial charge in [0, 0.05) is 19.5 Å². The van der Waals surface area contributed by atoms with E-state index in [4.69, 9.17) is 17.0 Å². The second kappa shape index (κ2) is 7.99. The van der Waals surface area contributed by atoms with Crippen molar-refractivity contribution < 1.29 is 18.7 Å². The van der Waals surface area contributed by atoms with Crippen molar-refractivity contribution in [1.29, 1.82) is 0 Å². The molecular weight excluding hydrogens is 357 g/mol. The Morgan fingerprint density at radius 1 is 1.38 bits per heavy atom. The highest BCUT2D eigenvalue weighted by Crippen LogP contribution is 2.25. The number of rotatable bonds is 5. The molecule has 1 atom stereocenters. The number of amides is 1. The first-order chi connectivity index (χ1) is 12.5. The molecule has 2 heterocycles. The van der Waals surface area contributed by atoms with Gasteiger partial charge in [-0.15, -0.1) is 0 Å². The lowest BCUT2D eigenvalue weighted by Gasteiger charge is -2.33. The van der Waals surface area contributed by atoms with Gasteiger partial charge in [0.25, 0.3) is 5.91 Å². The van der Waals surface area contributed by atoms with Gasteiger partial charge in [-0.3, -0.25) is 9.59 Å². The maximum absolute atomic E-state index is 13.9. The number of likely N-dealkylation sites (tertiary alicyclic amines) is 1. The van der Waals surface area contributed by atoms with Gasteiger partial charge in [-0.25, -0.2) is 4.39 Å². The smallest absolute Gasteiger partial charge is 0.305 e. The highest BCUT2D eigenvalue weighted by atomic mass is 32.1. The van der Waals surface area contributed by atoms with Crippen LogP contribution in [-0.2, 0) is 9.53 Å². The third-order valence-corrected chi connectivity index (χ3v) is 4.89. The second-order valence-corrected chi connectivity index (χ2v) is 6.97. The number of hydrogen-bond acceptors (Lipinski definition) is 4. The quantitative estimate of drug-likeness (QED) is 0.615. The minimum atomic E-state index is -0.484. The fraction of sp³-hybridized carbons (Fsp3) is 0.500. The fourth-order valence-corrected chi connectivity index (χ4v) is 3.70. The summed E-state index contributed by atoms with van der Waals surface area (Å²) >= 11 is 5.06. The van der Waals surface area contributed by atoms with E-state index in [9.17, 15) is 14.0 Å². The minimum absolute atomic E-state index is 0.206. The van der Waals surface area contributed by atoms with Gasteiger partial charge < -0.3 is 19.6 Å². The fourth-order valence-electron chi connectivity index (χ4n) is 3.49. The Balaban J connectivity index is 1.73. The monoisotopic (exact) mass is 379 g/mol. The number of ether oxygens (including phenoxy) is 1. The Labute approximate surface area is 155 Å². The van der Waals surface area contributed by atoms with E-state index < -0.39 is 5.82 Å². The molecule has 1 aromatic carbocycles. The molecule has 6 nitrogen and oxygen atoms in total. The summed E-state index contributed by atoms with van der Waals surface area (Å²) in [6.07, 6.45) is 2.87. The van der Waals surface area contributed by atoms with Gasteiger partial charge in [0.15, 0.2) is 4.77 Å². The summed E-state index contributed by atoms with van der Waals surface area (Å²) in [5.74, 6) is -0.670. The molecule has 0 bridgehead atoms. The number of nitrogens with one attached hydrogen (secondary N) is 2. The molecule has 2 aromatic rings. The Morgan fingerprint density at radius 3 is 2.96 bits per heavy atom. The van der Waals surface area contributed by atoms with Crippen LogP contribution in [0.3, 0.4) is 0 Å². The lowest BCUT2D eigenvalue weighted by Crippen LogP contribution is -2.40. The van der Waals surface area contributed by atoms with Crippen LogP contribution in [0.5, 0.6) is 0 Å². The van der Waals surface area contributed by atoms with Crippen LogP contribution in [0.2, 0.25) is 0 Å². The molecule has 140 valence electrons. The summed E-state index contributed by atoms with van der Waals surface area (Å²) in [7, 11) is 0. The third-order valence-electron chi connectivity index (χ3n) is 4.69. The van der Waals surface area contributed by atoms with Crippen molar-refractivity contribution >= 4 is 35.1 Å². The molecule has 3 rings (SSSR count). The number of imidazole rings is 1. The van der Waals surface area contributed by atoms with Gasteiger partial charge >= 0.3 is 5.97 Å². The van der Waals surface area contributed by atoms with Crippen LogP contribution in [-0.4, -0.2) is 46.4 Å². The van der Waals surface area contributed by atoms with Gasteiger partial charge in [-0.05, 0) is 56.5 Å². The predicted octanol–water partition coefficient (Wildman–Crippen LogP) is 3.56. The summed E-state index contributed by atoms with van der Waals surface area (Å²) in [6.45, 7) is 3.34. The number of aromatic amines is 2. The molecule has 1 saturated heterocycles. The van der Waals surface area contributed by atoms with Crippen molar-refractivity contribution in [1.82, 2.24) is 14.9 Å². The first-order valence-electron chi connectivity index (χ1n) is 8.84. The van der Waals surface area contributed by atoms with Gasteiger partial charge in [-0.2, -0.15) is 0 Å². The van der Waals surface area contributed by atoms with Crippen LogP contribution >= 0.6 is 12.2 Å². The van der Waals surface area contributed by atoms with E-state index in [1.54, 1.807) is 11.8 Å². The van der Waals surface area contributed by atoms with E-state index in [0.717, 1.165) is 12.8 Å². The standard InChI is InChI=1S/C18H22FN3O3S/c1-2-25-15(23)6-5-11-4-3-7-22(10-11)17(24)13-8-12(19)9-14-16(13)21-18(26)20-14/h8-9,11H,2-7,10H2,1H3,(H2,20,21,26). The number of fused-ring (bicyclic) bond motifs is 1. The normalized spacial score (nSPS) is 17.5. The van der Waals surface area contributed by atoms with Crippen molar-refractivity contribution in [3.05, 3.63) is 28.3 Å². The molecule has 1 aromatic heterocycles. The molecule has 0 aliphatic carbocycles. The third kappa shape index (κ3) is 4.12. The zero-order valence-electron chi connectivity index (χ0n) is 14.6. The lowest BCUT2D eigenvalue weighted by atomic mass is 9.93. The molecule has 1 fully saturated rings. The van der Waals surface area contributed by atoms with Crippen LogP contribution in [0.15, 0.2) is 12.1 Å². The largest absolute Gasteiger partial charge is 0.466 e. The number of halogens is 1. The molecule has 0 radical (unpaired) electrons. The van der Waals surface area contributed by atoms with Gasteiger partial charge in [0.2, 0.25) is 0 Å². The number of H-pyrrole nitrogens is 2. The summed E-state index contributed by atoms with van der Waals surface area (Å²) in [6, 6.07) is 2.56. The van der Waals surface area contributed by atoms with Crippen LogP contribution in [0.1, 0.15) is 43.0 Å². The van der Waals surface area contributed by atoms with E-state index >= 15 is 0 Å². The maximum Gasteiger partial charge on any atom is 0.305 e. The molecule has 8 heteroatoms. The number of hydrogen-bond donors (Lipinski definition) is 2. The highest BCUT2D eigenvalue weighted by molar-refractivity contribution is 7.71. The van der Waals surface area contributed by atoms with E-state index in [1.807, 2.05) is 0 Å². The van der Waals surface area contributed by atoms with E-state index in [2.05, 4.69) is 9.97 Å². The van der Waals surface area contributed by atoms with Crippen molar-refractivity contribution in [2.24, 2.45) is 5.92 Å². The molecule has 1 unspecified atom stereocenters. The number of aromatic nitrogens is 2. The number of carbonyl (C=O) groups excluding carboxylic acids is 2. The van der Waals surface area contributed by atoms with Crippen molar-refractivity contribution in [3.8, 4) is 0 Å². The van der Waals surface area contributed by atoms with Gasteiger partial charge in [-0.1, -0.05) is 0 Å². The van der Waals surface area contributed by atoms with Crippen LogP contribution < -0.4 is 0 Å². The molecule has 2 N–H and O–H groups in total. The number of carbonyl (C=O) groups is 2. The first kappa shape index (κ1) is 18.6. The zero-order chi connectivity index (χ0) is 18.7. The number of piperidine rings is 1. The van der Waals surface area contributed by atoms with E-state index in [0.29, 0.717) is 48.3 Å². The second-order valence-electron chi connectivity index (χ2n) is 6.56. The highest BCUT2D eigenvalue weighted by Gasteiger charge is 2.26. The summed E-state index contributed by atoms with van der Waals surface area (Å²) in [4.78, 5) is 32.0. The van der Waals surface area contributed by atoms with Gasteiger partial charge in [0.1, 0.15) is 5.82 Å². The first-order valence-corrected chi connectivity index (χ1v) is 9.25. The summed E-state index contributed by atoms with van der Waals surface area (Å²) in [5.41, 5.74) is 1.28. The molecule has 26 heavy (non-hydrogen) atoms. The predicted molar refractivity (Wildman–Crippen MR) is 97.9 cm³/mol. The lowest BCUT2D eigenvalue weighted by molar-refractivity contribution is -0.143. The Bertz CT molecular complexity index is 876. The SMILES string of the molecule is CCOC(=O)CCC1CCCN(C(=O)c2cc(F)cc3[nH]c(=S)[nH]c23)C1. The number of esters is 1. The van der Waals surface area contributed by atoms with Crippen LogP contribution in [0, 0.1) is 16.5 Å². The molecule has 0 spiro atoms. The van der Waals surface area contributed by atoms with Crippen LogP contribution in [0.4, 0.5) is 4.39 Å². The average Bonchev–Trinajstić information content (AvgIpc) is 2.99. The Hall–Kier alpha value is -2.22. The molecular formula is C18H22FN3O3S. The molecule has 1 aliphatic heterocycles. The topological polar surface area (TPSA) is 78.2 Å². The van der Waals surface area contributed by atoms with E-state index in [-0.39, 0.29) is 23.4 Å². The number of nitrogens with zero attached hydrogens (tertiary/aromatic N) is 1. The summed E-state index contributed by atoms with van der Waals surface area (Å²) < 4.78 is 19.2. The van der Waals surface area contributed by atoms with Crippen molar-refractivity contribution in [2.75, 3.05) is 19.7 Å². The summed E-state index contributed by atoms with van der Waals surface area (Å²) in [5, 5.41) is 0. The zero-order valence-corrected chi connectivity index (χ0v) is 15.5. The number of benzene rings is 1. The van der Waals surface area contributed by atoms with Gasteiger partial charge in [0.05, 0.1) is 23.2 Å². The molecule has 1 amide bonds. The maximum atomic E-state index is 13.9. The molecule has 1 aliphatic rings. The van der Waals surface area contributed by atoms with Crippen molar-refractivity contribution in [2.45, 2.75) is 32.6 Å². The Kier molecular flexibility index (Phi) is 5.70. The Morgan fingerprint density at radius 2 is 2.19 bits per heavy atom. The minimum Gasteiger partial charge on any atom is -0.466 e. The van der Waals surface area contributed by atoms with Crippen molar-refractivity contribution in [3.63, 3.8) is 0 Å². The molecule has 0 saturated carbocycles. The van der Waals surface area contributed by atoms with Crippen LogP contribution in [0.25, 0.3) is 11.0 Å². The average molecular weight is 379 g/mol.